The van der Waals surface area contributed by atoms with Gasteiger partial charge < -0.3 is 11.1 Å². The van der Waals surface area contributed by atoms with Gasteiger partial charge in [-0.3, -0.25) is 0 Å². The Hall–Kier alpha value is -1.31. The zero-order valence-electron chi connectivity index (χ0n) is 10.9. The summed E-state index contributed by atoms with van der Waals surface area (Å²) in [6.07, 6.45) is 0.968. The highest BCUT2D eigenvalue weighted by Crippen LogP contribution is 2.29. The fourth-order valence-electron chi connectivity index (χ4n) is 1.82. The summed E-state index contributed by atoms with van der Waals surface area (Å²) in [5.41, 5.74) is 8.30. The van der Waals surface area contributed by atoms with Gasteiger partial charge >= 0.3 is 0 Å². The van der Waals surface area contributed by atoms with Crippen molar-refractivity contribution in [1.29, 1.82) is 0 Å². The Morgan fingerprint density at radius 3 is 2.84 bits per heavy atom. The minimum absolute atomic E-state index is 0.249. The largest absolute Gasteiger partial charge is 0.394 e. The molecule has 0 aliphatic carbocycles. The maximum atomic E-state index is 13.1. The van der Waals surface area contributed by atoms with E-state index in [2.05, 4.69) is 39.9 Å². The van der Waals surface area contributed by atoms with Crippen LogP contribution < -0.4 is 11.1 Å². The molecule has 0 fully saturated rings. The van der Waals surface area contributed by atoms with Crippen molar-refractivity contribution >= 4 is 39.8 Å². The Morgan fingerprint density at radius 1 is 1.47 bits per heavy atom. The minimum Gasteiger partial charge on any atom is -0.394 e. The highest BCUT2D eigenvalue weighted by atomic mass is 127. The summed E-state index contributed by atoms with van der Waals surface area (Å²) in [6.45, 7) is 4.75. The molecule has 19 heavy (non-hydrogen) atoms. The summed E-state index contributed by atoms with van der Waals surface area (Å²) in [5, 5.41) is 7.64. The lowest BCUT2D eigenvalue weighted by Gasteiger charge is -2.11. The van der Waals surface area contributed by atoms with E-state index in [-0.39, 0.29) is 5.82 Å². The average molecular weight is 374 g/mol. The van der Waals surface area contributed by atoms with E-state index in [9.17, 15) is 4.39 Å². The van der Waals surface area contributed by atoms with Crippen LogP contribution in [0.2, 0.25) is 0 Å². The molecule has 0 aliphatic heterocycles. The maximum Gasteiger partial charge on any atom is 0.152 e. The second kappa shape index (κ2) is 5.77. The third-order valence-electron chi connectivity index (χ3n) is 2.79. The van der Waals surface area contributed by atoms with Gasteiger partial charge in [-0.2, -0.15) is 5.10 Å². The number of rotatable bonds is 4. The summed E-state index contributed by atoms with van der Waals surface area (Å²) in [4.78, 5) is 0. The third-order valence-corrected chi connectivity index (χ3v) is 3.69. The number of hydrogen-bond acceptors (Lipinski definition) is 3. The first kappa shape index (κ1) is 14.1. The number of benzene rings is 1. The molecule has 0 bridgehead atoms. The van der Waals surface area contributed by atoms with Crippen molar-refractivity contribution in [3.63, 3.8) is 0 Å². The van der Waals surface area contributed by atoms with Crippen molar-refractivity contribution in [2.24, 2.45) is 0 Å². The molecule has 2 aromatic rings. The smallest absolute Gasteiger partial charge is 0.152 e. The lowest BCUT2D eigenvalue weighted by atomic mass is 10.3. The quantitative estimate of drug-likeness (QED) is 0.803. The minimum atomic E-state index is -0.249. The number of anilines is 3. The molecule has 0 amide bonds. The molecule has 2 rings (SSSR count). The number of halogens is 2. The van der Waals surface area contributed by atoms with Crippen molar-refractivity contribution in [3.8, 4) is 0 Å². The van der Waals surface area contributed by atoms with Crippen LogP contribution in [0.4, 0.5) is 21.6 Å². The van der Waals surface area contributed by atoms with Crippen LogP contribution in [-0.2, 0) is 6.54 Å². The molecule has 0 saturated carbocycles. The van der Waals surface area contributed by atoms with Gasteiger partial charge in [-0.15, -0.1) is 0 Å². The molecule has 4 nitrogen and oxygen atoms in total. The number of aryl methyl sites for hydroxylation is 2. The maximum absolute atomic E-state index is 13.1. The van der Waals surface area contributed by atoms with Crippen molar-refractivity contribution in [2.75, 3.05) is 11.1 Å². The standard InChI is InChI=1S/C13H16FIN4/c1-3-6-19-13(12(16)8(2)18-19)17-11-5-4-9(14)7-10(11)15/h4-5,7,17H,3,6,16H2,1-2H3. The molecule has 0 saturated heterocycles. The van der Waals surface area contributed by atoms with Gasteiger partial charge in [-0.1, -0.05) is 6.92 Å². The molecule has 1 aromatic carbocycles. The molecule has 102 valence electrons. The first-order valence-electron chi connectivity index (χ1n) is 6.08. The summed E-state index contributed by atoms with van der Waals surface area (Å²) in [5.74, 6) is 0.519. The van der Waals surface area contributed by atoms with E-state index in [1.165, 1.54) is 12.1 Å². The Morgan fingerprint density at radius 2 is 2.21 bits per heavy atom. The highest BCUT2D eigenvalue weighted by Gasteiger charge is 2.13. The number of nitrogens with two attached hydrogens (primary N) is 1. The predicted molar refractivity (Wildman–Crippen MR) is 84.1 cm³/mol. The lowest BCUT2D eigenvalue weighted by Crippen LogP contribution is -2.06. The van der Waals surface area contributed by atoms with Gasteiger partial charge in [0.2, 0.25) is 0 Å². The van der Waals surface area contributed by atoms with Gasteiger partial charge in [-0.25, -0.2) is 9.07 Å². The monoisotopic (exact) mass is 374 g/mol. The van der Waals surface area contributed by atoms with Gasteiger partial charge in [0.05, 0.1) is 17.1 Å². The Bertz CT molecular complexity index is 595. The van der Waals surface area contributed by atoms with E-state index >= 15 is 0 Å². The summed E-state index contributed by atoms with van der Waals surface area (Å²) in [6, 6.07) is 4.61. The molecule has 1 aromatic heterocycles. The van der Waals surface area contributed by atoms with E-state index in [1.54, 1.807) is 6.07 Å². The van der Waals surface area contributed by atoms with E-state index in [0.717, 1.165) is 33.7 Å². The molecule has 0 spiro atoms. The molecular formula is C13H16FIN4. The third kappa shape index (κ3) is 2.99. The van der Waals surface area contributed by atoms with Crippen LogP contribution in [0, 0.1) is 16.3 Å². The van der Waals surface area contributed by atoms with E-state index in [0.29, 0.717) is 5.69 Å². The fraction of sp³-hybridized carbons (Fsp3) is 0.308. The Balaban J connectivity index is 2.37. The molecule has 0 unspecified atom stereocenters. The summed E-state index contributed by atoms with van der Waals surface area (Å²) in [7, 11) is 0. The van der Waals surface area contributed by atoms with Crippen LogP contribution in [0.25, 0.3) is 0 Å². The van der Waals surface area contributed by atoms with Crippen LogP contribution in [-0.4, -0.2) is 9.78 Å². The fourth-order valence-corrected chi connectivity index (χ4v) is 2.43. The molecule has 0 atom stereocenters. The molecule has 0 radical (unpaired) electrons. The van der Waals surface area contributed by atoms with Crippen LogP contribution in [0.1, 0.15) is 19.0 Å². The molecule has 6 heteroatoms. The number of hydrogen-bond donors (Lipinski definition) is 2. The molecule has 0 aliphatic rings. The van der Waals surface area contributed by atoms with Crippen LogP contribution in [0.15, 0.2) is 18.2 Å². The van der Waals surface area contributed by atoms with Gasteiger partial charge in [0.25, 0.3) is 0 Å². The first-order valence-corrected chi connectivity index (χ1v) is 7.15. The summed E-state index contributed by atoms with van der Waals surface area (Å²) < 4.78 is 15.8. The average Bonchev–Trinajstić information content (AvgIpc) is 2.61. The van der Waals surface area contributed by atoms with Crippen LogP contribution in [0.5, 0.6) is 0 Å². The van der Waals surface area contributed by atoms with Crippen molar-refractivity contribution in [3.05, 3.63) is 33.3 Å². The van der Waals surface area contributed by atoms with Crippen molar-refractivity contribution in [1.82, 2.24) is 9.78 Å². The zero-order chi connectivity index (χ0) is 14.0. The molecule has 3 N–H and O–H groups in total. The summed E-state index contributed by atoms with van der Waals surface area (Å²) >= 11 is 2.09. The van der Waals surface area contributed by atoms with Gasteiger partial charge in [0.1, 0.15) is 5.82 Å². The van der Waals surface area contributed by atoms with Gasteiger partial charge in [0.15, 0.2) is 5.82 Å². The topological polar surface area (TPSA) is 55.9 Å². The first-order chi connectivity index (χ1) is 9.02. The normalized spacial score (nSPS) is 10.7. The lowest BCUT2D eigenvalue weighted by molar-refractivity contribution is 0.605. The molecular weight excluding hydrogens is 358 g/mol. The van der Waals surface area contributed by atoms with E-state index < -0.39 is 0 Å². The SMILES string of the molecule is CCCn1nc(C)c(N)c1Nc1ccc(F)cc1I. The number of nitrogens with one attached hydrogen (secondary N) is 1. The second-order valence-electron chi connectivity index (χ2n) is 4.32. The second-order valence-corrected chi connectivity index (χ2v) is 5.48. The predicted octanol–water partition coefficient (Wildman–Crippen LogP) is 3.67. The van der Waals surface area contributed by atoms with Crippen molar-refractivity contribution in [2.45, 2.75) is 26.8 Å². The van der Waals surface area contributed by atoms with E-state index in [1.807, 2.05) is 11.6 Å². The number of nitrogens with zero attached hydrogens (tertiary/aromatic N) is 2. The number of aromatic nitrogens is 2. The zero-order valence-corrected chi connectivity index (χ0v) is 13.0. The van der Waals surface area contributed by atoms with Gasteiger partial charge in [-0.05, 0) is 54.1 Å². The molecule has 1 heterocycles. The highest BCUT2D eigenvalue weighted by molar-refractivity contribution is 14.1. The van der Waals surface area contributed by atoms with Crippen molar-refractivity contribution < 1.29 is 4.39 Å². The van der Waals surface area contributed by atoms with Crippen LogP contribution in [0.3, 0.4) is 0 Å². The Labute approximate surface area is 125 Å². The number of nitrogen functional groups attached to an aromatic ring is 1. The van der Waals surface area contributed by atoms with E-state index in [4.69, 9.17) is 5.73 Å². The Kier molecular flexibility index (Phi) is 4.28. The van der Waals surface area contributed by atoms with Crippen LogP contribution >= 0.6 is 22.6 Å². The van der Waals surface area contributed by atoms with Gasteiger partial charge in [0, 0.05) is 10.1 Å².